The number of fused-ring (bicyclic) bond motifs is 1. The van der Waals surface area contributed by atoms with Gasteiger partial charge in [0.05, 0.1) is 11.7 Å². The lowest BCUT2D eigenvalue weighted by Crippen LogP contribution is -2.15. The smallest absolute Gasteiger partial charge is 0.167 e. The molecule has 84 valence electrons. The molecule has 2 heterocycles. The van der Waals surface area contributed by atoms with Crippen molar-refractivity contribution in [1.29, 1.82) is 5.26 Å². The summed E-state index contributed by atoms with van der Waals surface area (Å²) < 4.78 is 2.14. The number of rotatable bonds is 1. The molecule has 1 aromatic heterocycles. The Balaban J connectivity index is 2.03. The molecule has 4 nitrogen and oxygen atoms in total. The van der Waals surface area contributed by atoms with Gasteiger partial charge in [0.1, 0.15) is 6.07 Å². The quantitative estimate of drug-likeness (QED) is 0.719. The molecule has 0 saturated heterocycles. The summed E-state index contributed by atoms with van der Waals surface area (Å²) in [6, 6.07) is 2.78. The van der Waals surface area contributed by atoms with Crippen molar-refractivity contribution in [1.82, 2.24) is 14.7 Å². The topological polar surface area (TPSA) is 44.9 Å². The fourth-order valence-corrected chi connectivity index (χ4v) is 2.96. The average Bonchev–Trinajstić information content (AvgIpc) is 2.92. The van der Waals surface area contributed by atoms with Gasteiger partial charge in [0.2, 0.25) is 0 Å². The van der Waals surface area contributed by atoms with E-state index in [-0.39, 0.29) is 0 Å². The fraction of sp³-hybridized carbons (Fsp3) is 0.667. The highest BCUT2D eigenvalue weighted by Crippen LogP contribution is 2.34. The first-order valence-corrected chi connectivity index (χ1v) is 5.98. The highest BCUT2D eigenvalue weighted by Gasteiger charge is 2.29. The molecule has 1 fully saturated rings. The summed E-state index contributed by atoms with van der Waals surface area (Å²) >= 11 is 0. The van der Waals surface area contributed by atoms with Crippen LogP contribution >= 0.6 is 0 Å². The van der Waals surface area contributed by atoms with Gasteiger partial charge in [-0.05, 0) is 19.9 Å². The normalized spacial score (nSPS) is 21.2. The number of nitriles is 1. The van der Waals surface area contributed by atoms with Gasteiger partial charge in [-0.3, -0.25) is 9.58 Å². The number of nitrogens with zero attached hydrogens (tertiary/aromatic N) is 4. The van der Waals surface area contributed by atoms with Crippen LogP contribution in [0, 0.1) is 11.3 Å². The molecule has 0 unspecified atom stereocenters. The largest absolute Gasteiger partial charge is 0.296 e. The van der Waals surface area contributed by atoms with Gasteiger partial charge in [-0.1, -0.05) is 12.8 Å². The van der Waals surface area contributed by atoms with Crippen molar-refractivity contribution < 1.29 is 0 Å². The Labute approximate surface area is 95.5 Å². The zero-order valence-corrected chi connectivity index (χ0v) is 9.61. The van der Waals surface area contributed by atoms with Crippen LogP contribution in [0.2, 0.25) is 0 Å². The van der Waals surface area contributed by atoms with Gasteiger partial charge in [-0.2, -0.15) is 10.4 Å². The maximum Gasteiger partial charge on any atom is 0.167 e. The Morgan fingerprint density at radius 1 is 1.31 bits per heavy atom. The Morgan fingerprint density at radius 3 is 2.75 bits per heavy atom. The molecule has 16 heavy (non-hydrogen) atoms. The summed E-state index contributed by atoms with van der Waals surface area (Å²) in [6.07, 6.45) is 5.06. The van der Waals surface area contributed by atoms with Crippen LogP contribution in [-0.4, -0.2) is 21.7 Å². The Bertz CT molecular complexity index is 448. The molecule has 0 aromatic carbocycles. The molecule has 4 heteroatoms. The second-order valence-corrected chi connectivity index (χ2v) is 4.94. The van der Waals surface area contributed by atoms with E-state index in [0.29, 0.717) is 11.7 Å². The van der Waals surface area contributed by atoms with E-state index in [2.05, 4.69) is 27.8 Å². The molecule has 0 bridgehead atoms. The average molecular weight is 216 g/mol. The van der Waals surface area contributed by atoms with E-state index in [1.54, 1.807) is 0 Å². The van der Waals surface area contributed by atoms with Gasteiger partial charge in [-0.15, -0.1) is 0 Å². The third kappa shape index (κ3) is 1.35. The van der Waals surface area contributed by atoms with Crippen LogP contribution < -0.4 is 0 Å². The summed E-state index contributed by atoms with van der Waals surface area (Å²) in [5, 5.41) is 13.6. The first-order chi connectivity index (χ1) is 7.79. The lowest BCUT2D eigenvalue weighted by Gasteiger charge is -2.14. The second-order valence-electron chi connectivity index (χ2n) is 4.94. The first-order valence-electron chi connectivity index (χ1n) is 5.98. The summed E-state index contributed by atoms with van der Waals surface area (Å²) in [7, 11) is 2.10. The SMILES string of the molecule is CN1Cc2c(C#N)nn(C3CCCC3)c2C1. The van der Waals surface area contributed by atoms with E-state index in [0.717, 1.165) is 18.7 Å². The van der Waals surface area contributed by atoms with Gasteiger partial charge in [0.25, 0.3) is 0 Å². The van der Waals surface area contributed by atoms with Crippen LogP contribution in [0.5, 0.6) is 0 Å². The fourth-order valence-electron chi connectivity index (χ4n) is 2.96. The molecule has 2 aliphatic rings. The van der Waals surface area contributed by atoms with Gasteiger partial charge in [-0.25, -0.2) is 0 Å². The maximum absolute atomic E-state index is 9.10. The van der Waals surface area contributed by atoms with E-state index < -0.39 is 0 Å². The molecule has 1 aromatic rings. The van der Waals surface area contributed by atoms with Crippen molar-refractivity contribution >= 4 is 0 Å². The summed E-state index contributed by atoms with van der Waals surface area (Å²) in [6.45, 7) is 1.82. The van der Waals surface area contributed by atoms with Gasteiger partial charge in [0.15, 0.2) is 5.69 Å². The molecule has 1 aliphatic heterocycles. The zero-order valence-electron chi connectivity index (χ0n) is 9.61. The Kier molecular flexibility index (Phi) is 2.22. The molecule has 1 aliphatic carbocycles. The number of aromatic nitrogens is 2. The Morgan fingerprint density at radius 2 is 2.06 bits per heavy atom. The Hall–Kier alpha value is -1.34. The van der Waals surface area contributed by atoms with Gasteiger partial charge in [0, 0.05) is 18.7 Å². The molecule has 3 rings (SSSR count). The minimum atomic E-state index is 0.544. The van der Waals surface area contributed by atoms with E-state index in [4.69, 9.17) is 5.26 Å². The third-order valence-electron chi connectivity index (χ3n) is 3.74. The maximum atomic E-state index is 9.10. The minimum absolute atomic E-state index is 0.544. The predicted molar refractivity (Wildman–Crippen MR) is 59.6 cm³/mol. The molecule has 0 atom stereocenters. The van der Waals surface area contributed by atoms with Crippen LogP contribution in [-0.2, 0) is 13.1 Å². The molecular formula is C12H16N4. The van der Waals surface area contributed by atoms with Crippen molar-refractivity contribution in [2.75, 3.05) is 7.05 Å². The molecular weight excluding hydrogens is 200 g/mol. The molecule has 0 spiro atoms. The molecule has 0 amide bonds. The first kappa shape index (κ1) is 9.86. The minimum Gasteiger partial charge on any atom is -0.296 e. The van der Waals surface area contributed by atoms with Crippen LogP contribution in [0.3, 0.4) is 0 Å². The van der Waals surface area contributed by atoms with Crippen LogP contribution in [0.4, 0.5) is 0 Å². The highest BCUT2D eigenvalue weighted by atomic mass is 15.3. The number of hydrogen-bond acceptors (Lipinski definition) is 3. The summed E-state index contributed by atoms with van der Waals surface area (Å²) in [4.78, 5) is 2.25. The third-order valence-corrected chi connectivity index (χ3v) is 3.74. The van der Waals surface area contributed by atoms with Crippen molar-refractivity contribution in [2.24, 2.45) is 0 Å². The van der Waals surface area contributed by atoms with Crippen molar-refractivity contribution in [3.05, 3.63) is 17.0 Å². The highest BCUT2D eigenvalue weighted by molar-refractivity contribution is 5.37. The van der Waals surface area contributed by atoms with Crippen molar-refractivity contribution in [3.63, 3.8) is 0 Å². The molecule has 1 saturated carbocycles. The van der Waals surface area contributed by atoms with E-state index >= 15 is 0 Å². The lowest BCUT2D eigenvalue weighted by atomic mass is 10.2. The second kappa shape index (κ2) is 3.60. The van der Waals surface area contributed by atoms with Crippen molar-refractivity contribution in [2.45, 2.75) is 44.8 Å². The van der Waals surface area contributed by atoms with E-state index in [1.165, 1.54) is 31.4 Å². The molecule has 0 N–H and O–H groups in total. The zero-order chi connectivity index (χ0) is 11.1. The van der Waals surface area contributed by atoms with Crippen LogP contribution in [0.25, 0.3) is 0 Å². The van der Waals surface area contributed by atoms with Crippen molar-refractivity contribution in [3.8, 4) is 6.07 Å². The van der Waals surface area contributed by atoms with E-state index in [9.17, 15) is 0 Å². The van der Waals surface area contributed by atoms with Crippen LogP contribution in [0.15, 0.2) is 0 Å². The molecule has 0 radical (unpaired) electrons. The standard InChI is InChI=1S/C12H16N4/c1-15-7-10-11(6-13)14-16(12(10)8-15)9-4-2-3-5-9/h9H,2-5,7-8H2,1H3. The van der Waals surface area contributed by atoms with E-state index in [1.807, 2.05) is 0 Å². The summed E-state index contributed by atoms with van der Waals surface area (Å²) in [5.74, 6) is 0. The monoisotopic (exact) mass is 216 g/mol. The lowest BCUT2D eigenvalue weighted by molar-refractivity contribution is 0.332. The van der Waals surface area contributed by atoms with Crippen LogP contribution in [0.1, 0.15) is 48.7 Å². The number of hydrogen-bond donors (Lipinski definition) is 0. The summed E-state index contributed by atoms with van der Waals surface area (Å²) in [5.41, 5.74) is 3.09. The van der Waals surface area contributed by atoms with Gasteiger partial charge >= 0.3 is 0 Å². The van der Waals surface area contributed by atoms with Gasteiger partial charge < -0.3 is 0 Å². The predicted octanol–water partition coefficient (Wildman–Crippen LogP) is 1.82.